The predicted octanol–water partition coefficient (Wildman–Crippen LogP) is 2.34. The minimum atomic E-state index is 0.294. The van der Waals surface area contributed by atoms with Crippen LogP contribution in [0.4, 0.5) is 0 Å². The average molecular weight is 265 g/mol. The first-order valence-electron chi connectivity index (χ1n) is 5.22. The first kappa shape index (κ1) is 11.2. The van der Waals surface area contributed by atoms with E-state index in [1.807, 2.05) is 12.1 Å². The Balaban J connectivity index is 2.09. The van der Waals surface area contributed by atoms with E-state index >= 15 is 0 Å². The molecule has 0 aliphatic carbocycles. The van der Waals surface area contributed by atoms with E-state index in [9.17, 15) is 0 Å². The first-order chi connectivity index (χ1) is 8.79. The van der Waals surface area contributed by atoms with Crippen molar-refractivity contribution in [2.75, 3.05) is 7.11 Å². The van der Waals surface area contributed by atoms with Gasteiger partial charge in [-0.2, -0.15) is 15.0 Å². The van der Waals surface area contributed by atoms with Gasteiger partial charge in [-0.1, -0.05) is 22.8 Å². The van der Waals surface area contributed by atoms with Crippen molar-refractivity contribution in [3.63, 3.8) is 0 Å². The molecule has 0 radical (unpaired) electrons. The van der Waals surface area contributed by atoms with Gasteiger partial charge in [-0.15, -0.1) is 0 Å². The summed E-state index contributed by atoms with van der Waals surface area (Å²) in [5.41, 5.74) is 1.97. The van der Waals surface area contributed by atoms with Gasteiger partial charge >= 0.3 is 0 Å². The minimum Gasteiger partial charge on any atom is -0.361 e. The smallest absolute Gasteiger partial charge is 0.186 e. The van der Waals surface area contributed by atoms with E-state index in [0.717, 1.165) is 10.9 Å². The molecule has 0 bridgehead atoms. The van der Waals surface area contributed by atoms with Crippen molar-refractivity contribution in [3.05, 3.63) is 29.5 Å². The van der Waals surface area contributed by atoms with Crippen LogP contribution in [0.25, 0.3) is 22.2 Å². The van der Waals surface area contributed by atoms with E-state index in [1.165, 1.54) is 4.80 Å². The Kier molecular flexibility index (Phi) is 2.73. The van der Waals surface area contributed by atoms with E-state index < -0.39 is 0 Å². The van der Waals surface area contributed by atoms with Gasteiger partial charge in [-0.3, -0.25) is 0 Å². The lowest BCUT2D eigenvalue weighted by molar-refractivity contribution is 0.108. The molecule has 0 atom stereocenters. The van der Waals surface area contributed by atoms with Crippen molar-refractivity contribution >= 4 is 22.6 Å². The maximum Gasteiger partial charge on any atom is 0.186 e. The van der Waals surface area contributed by atoms with Crippen LogP contribution in [0.5, 0.6) is 0 Å². The largest absolute Gasteiger partial charge is 0.361 e. The molecule has 0 saturated carbocycles. The van der Waals surface area contributed by atoms with E-state index in [-0.39, 0.29) is 0 Å². The zero-order valence-electron chi connectivity index (χ0n) is 9.50. The van der Waals surface area contributed by atoms with Gasteiger partial charge in [0.25, 0.3) is 0 Å². The molecule has 0 saturated heterocycles. The van der Waals surface area contributed by atoms with Crippen molar-refractivity contribution in [1.29, 1.82) is 0 Å². The summed E-state index contributed by atoms with van der Waals surface area (Å²) >= 11 is 6.26. The predicted molar refractivity (Wildman–Crippen MR) is 65.0 cm³/mol. The fourth-order valence-corrected chi connectivity index (χ4v) is 2.00. The number of nitrogens with zero attached hydrogens (tertiary/aromatic N) is 4. The topological polar surface area (TPSA) is 66.0 Å². The number of halogens is 1. The van der Waals surface area contributed by atoms with Crippen LogP contribution < -0.4 is 0 Å². The highest BCUT2D eigenvalue weighted by molar-refractivity contribution is 6.37. The van der Waals surface area contributed by atoms with E-state index in [2.05, 4.69) is 15.4 Å². The minimum absolute atomic E-state index is 0.294. The normalized spacial score (nSPS) is 11.2. The zero-order valence-corrected chi connectivity index (χ0v) is 10.3. The quantitative estimate of drug-likeness (QED) is 0.726. The molecule has 0 aliphatic rings. The van der Waals surface area contributed by atoms with E-state index in [4.69, 9.17) is 20.9 Å². The van der Waals surface area contributed by atoms with Gasteiger partial charge in [0.15, 0.2) is 12.3 Å². The van der Waals surface area contributed by atoms with Crippen molar-refractivity contribution < 1.29 is 9.26 Å². The highest BCUT2D eigenvalue weighted by Gasteiger charge is 2.13. The summed E-state index contributed by atoms with van der Waals surface area (Å²) in [4.78, 5) is 1.44. The number of aromatic nitrogens is 4. The number of ether oxygens (including phenoxy) is 1. The highest BCUT2D eigenvalue weighted by atomic mass is 35.5. The summed E-state index contributed by atoms with van der Waals surface area (Å²) in [5, 5.41) is 13.4. The van der Waals surface area contributed by atoms with Crippen molar-refractivity contribution in [2.24, 2.45) is 0 Å². The second-order valence-electron chi connectivity index (χ2n) is 3.69. The van der Waals surface area contributed by atoms with Crippen LogP contribution in [0.1, 0.15) is 0 Å². The number of benzene rings is 1. The van der Waals surface area contributed by atoms with E-state index in [0.29, 0.717) is 23.0 Å². The first-order valence-corrected chi connectivity index (χ1v) is 5.59. The summed E-state index contributed by atoms with van der Waals surface area (Å²) < 4.78 is 10.0. The molecule has 0 unspecified atom stereocenters. The molecule has 1 aromatic carbocycles. The lowest BCUT2D eigenvalue weighted by Crippen LogP contribution is -2.03. The second kappa shape index (κ2) is 4.40. The number of fused-ring (bicyclic) bond motifs is 1. The van der Waals surface area contributed by atoms with Crippen LogP contribution in [0.3, 0.4) is 0 Å². The maximum absolute atomic E-state index is 6.26. The summed E-state index contributed by atoms with van der Waals surface area (Å²) in [6, 6.07) is 3.74. The zero-order chi connectivity index (χ0) is 12.5. The lowest BCUT2D eigenvalue weighted by Gasteiger charge is -2.00. The van der Waals surface area contributed by atoms with Crippen LogP contribution >= 0.6 is 11.6 Å². The van der Waals surface area contributed by atoms with Crippen LogP contribution in [0.2, 0.25) is 5.02 Å². The highest BCUT2D eigenvalue weighted by Crippen LogP contribution is 2.32. The molecule has 0 fully saturated rings. The average Bonchev–Trinajstić information content (AvgIpc) is 2.99. The molecular weight excluding hydrogens is 256 g/mol. The Labute approximate surface area is 107 Å². The third-order valence-electron chi connectivity index (χ3n) is 2.52. The van der Waals surface area contributed by atoms with Gasteiger partial charge in [0, 0.05) is 18.1 Å². The Morgan fingerprint density at radius 1 is 1.39 bits per heavy atom. The van der Waals surface area contributed by atoms with Gasteiger partial charge in [-0.25, -0.2) is 0 Å². The molecule has 7 heteroatoms. The Morgan fingerprint density at radius 2 is 2.28 bits per heavy atom. The molecule has 0 N–H and O–H groups in total. The Hall–Kier alpha value is -1.92. The molecule has 18 heavy (non-hydrogen) atoms. The molecule has 92 valence electrons. The SMILES string of the molecule is COCn1ncc(-c2ccc3cnoc3c2Cl)n1. The molecular formula is C11H9ClN4O2. The number of methoxy groups -OCH3 is 1. The summed E-state index contributed by atoms with van der Waals surface area (Å²) in [6.07, 6.45) is 3.25. The standard InChI is InChI=1S/C11H9ClN4O2/c1-17-6-16-13-5-9(15-16)8-3-2-7-4-14-18-11(7)10(8)12/h2-5H,6H2,1H3. The van der Waals surface area contributed by atoms with E-state index in [1.54, 1.807) is 19.5 Å². The lowest BCUT2D eigenvalue weighted by atomic mass is 10.1. The number of hydrogen-bond donors (Lipinski definition) is 0. The van der Waals surface area contributed by atoms with Gasteiger partial charge in [0.05, 0.1) is 17.4 Å². The monoisotopic (exact) mass is 264 g/mol. The van der Waals surface area contributed by atoms with Crippen molar-refractivity contribution in [3.8, 4) is 11.3 Å². The number of hydrogen-bond acceptors (Lipinski definition) is 5. The second-order valence-corrected chi connectivity index (χ2v) is 4.07. The molecule has 2 aromatic heterocycles. The molecule has 6 nitrogen and oxygen atoms in total. The van der Waals surface area contributed by atoms with Crippen LogP contribution in [0.15, 0.2) is 29.0 Å². The van der Waals surface area contributed by atoms with Gasteiger partial charge in [0.1, 0.15) is 5.69 Å². The van der Waals surface area contributed by atoms with Gasteiger partial charge < -0.3 is 9.26 Å². The van der Waals surface area contributed by atoms with Crippen molar-refractivity contribution in [1.82, 2.24) is 20.2 Å². The molecule has 3 rings (SSSR count). The Bertz CT molecular complexity index is 691. The fourth-order valence-electron chi connectivity index (χ4n) is 1.70. The summed E-state index contributed by atoms with van der Waals surface area (Å²) in [7, 11) is 1.58. The molecule has 0 aliphatic heterocycles. The van der Waals surface area contributed by atoms with Crippen LogP contribution in [-0.2, 0) is 11.5 Å². The number of rotatable bonds is 3. The van der Waals surface area contributed by atoms with Crippen LogP contribution in [-0.4, -0.2) is 27.3 Å². The molecule has 0 spiro atoms. The Morgan fingerprint density at radius 3 is 3.11 bits per heavy atom. The summed E-state index contributed by atoms with van der Waals surface area (Å²) in [5.74, 6) is 0. The van der Waals surface area contributed by atoms with Crippen molar-refractivity contribution in [2.45, 2.75) is 6.73 Å². The molecule has 3 aromatic rings. The van der Waals surface area contributed by atoms with Gasteiger partial charge in [-0.05, 0) is 6.07 Å². The fraction of sp³-hybridized carbons (Fsp3) is 0.182. The molecule has 0 amide bonds. The maximum atomic E-state index is 6.26. The van der Waals surface area contributed by atoms with Gasteiger partial charge in [0.2, 0.25) is 0 Å². The third kappa shape index (κ3) is 1.75. The van der Waals surface area contributed by atoms with Crippen LogP contribution in [0, 0.1) is 0 Å². The summed E-state index contributed by atoms with van der Waals surface area (Å²) in [6.45, 7) is 0.294. The molecule has 2 heterocycles. The third-order valence-corrected chi connectivity index (χ3v) is 2.90.